The Morgan fingerprint density at radius 2 is 1.89 bits per heavy atom. The lowest BCUT2D eigenvalue weighted by Gasteiger charge is -2.30. The van der Waals surface area contributed by atoms with Crippen LogP contribution in [0.15, 0.2) is 0 Å². The molecular weight excluding hydrogens is 120 g/mol. The van der Waals surface area contributed by atoms with Crippen molar-refractivity contribution in [3.8, 4) is 0 Å². The molecule has 3 N–H and O–H groups in total. The molecule has 1 aliphatic carbocycles. The van der Waals surface area contributed by atoms with Crippen molar-refractivity contribution in [1.82, 2.24) is 0 Å². The van der Waals surface area contributed by atoms with Crippen molar-refractivity contribution < 1.29 is 15.3 Å². The van der Waals surface area contributed by atoms with Crippen LogP contribution in [0.2, 0.25) is 0 Å². The van der Waals surface area contributed by atoms with Gasteiger partial charge in [0.1, 0.15) is 0 Å². The third-order valence-corrected chi connectivity index (χ3v) is 1.65. The number of hydrogen-bond donors (Lipinski definition) is 3. The third kappa shape index (κ3) is 1.41. The Labute approximate surface area is 53.9 Å². The van der Waals surface area contributed by atoms with E-state index in [0.717, 1.165) is 12.8 Å². The Hall–Kier alpha value is -0.120. The van der Waals surface area contributed by atoms with Crippen LogP contribution in [0.1, 0.15) is 25.7 Å². The molecule has 53 valence electrons. The van der Waals surface area contributed by atoms with Crippen molar-refractivity contribution in [1.29, 1.82) is 0 Å². The van der Waals surface area contributed by atoms with Crippen LogP contribution in [0, 0.1) is 6.10 Å². The van der Waals surface area contributed by atoms with E-state index in [9.17, 15) is 0 Å². The smallest absolute Gasteiger partial charge is 0.195 e. The van der Waals surface area contributed by atoms with Crippen molar-refractivity contribution in [2.75, 3.05) is 0 Å². The van der Waals surface area contributed by atoms with Crippen molar-refractivity contribution in [2.45, 2.75) is 31.5 Å². The van der Waals surface area contributed by atoms with Gasteiger partial charge < -0.3 is 15.3 Å². The van der Waals surface area contributed by atoms with Gasteiger partial charge in [0.15, 0.2) is 11.9 Å². The topological polar surface area (TPSA) is 60.7 Å². The summed E-state index contributed by atoms with van der Waals surface area (Å²) in [7, 11) is 0. The van der Waals surface area contributed by atoms with E-state index in [4.69, 9.17) is 15.3 Å². The first kappa shape index (κ1) is 6.99. The van der Waals surface area contributed by atoms with Crippen molar-refractivity contribution in [2.24, 2.45) is 0 Å². The van der Waals surface area contributed by atoms with E-state index in [2.05, 4.69) is 0 Å². The zero-order chi connectivity index (χ0) is 6.91. The molecule has 0 heterocycles. The Bertz CT molecular complexity index is 100. The van der Waals surface area contributed by atoms with Gasteiger partial charge in [-0.05, 0) is 12.8 Å². The van der Waals surface area contributed by atoms with E-state index in [1.165, 1.54) is 0 Å². The largest absolute Gasteiger partial charge is 0.381 e. The lowest BCUT2D eigenvalue weighted by Crippen LogP contribution is -2.38. The van der Waals surface area contributed by atoms with Crippen LogP contribution < -0.4 is 0 Å². The Balaban J connectivity index is 2.49. The van der Waals surface area contributed by atoms with Crippen LogP contribution >= 0.6 is 0 Å². The fourth-order valence-electron chi connectivity index (χ4n) is 1.01. The molecule has 3 heteroatoms. The Morgan fingerprint density at radius 1 is 1.22 bits per heavy atom. The second-order valence-electron chi connectivity index (χ2n) is 2.47. The monoisotopic (exact) mass is 131 g/mol. The van der Waals surface area contributed by atoms with E-state index in [1.807, 2.05) is 0 Å². The molecule has 3 nitrogen and oxygen atoms in total. The first-order valence-electron chi connectivity index (χ1n) is 3.13. The molecule has 0 aromatic carbocycles. The number of aliphatic hydroxyl groups is 3. The van der Waals surface area contributed by atoms with Gasteiger partial charge >= 0.3 is 0 Å². The van der Waals surface area contributed by atoms with E-state index in [1.54, 1.807) is 0 Å². The molecule has 1 radical (unpaired) electrons. The van der Waals surface area contributed by atoms with Gasteiger partial charge in [-0.2, -0.15) is 0 Å². The highest BCUT2D eigenvalue weighted by Gasteiger charge is 2.36. The van der Waals surface area contributed by atoms with E-state index in [-0.39, 0.29) is 12.5 Å². The zero-order valence-electron chi connectivity index (χ0n) is 5.17. The van der Waals surface area contributed by atoms with Gasteiger partial charge in [0.25, 0.3) is 0 Å². The molecule has 1 fully saturated rings. The molecule has 0 spiro atoms. The molecular formula is C6H11O3. The van der Waals surface area contributed by atoms with Crippen LogP contribution in [-0.4, -0.2) is 21.1 Å². The molecule has 0 saturated heterocycles. The van der Waals surface area contributed by atoms with Gasteiger partial charge in [0.2, 0.25) is 0 Å². The van der Waals surface area contributed by atoms with Gasteiger partial charge in [-0.3, -0.25) is 0 Å². The second kappa shape index (κ2) is 2.25. The average molecular weight is 131 g/mol. The summed E-state index contributed by atoms with van der Waals surface area (Å²) in [6, 6.07) is 0. The average Bonchev–Trinajstić information content (AvgIpc) is 1.77. The normalized spacial score (nSPS) is 28.3. The molecule has 1 saturated carbocycles. The molecule has 0 bridgehead atoms. The summed E-state index contributed by atoms with van der Waals surface area (Å²) < 4.78 is 0. The summed E-state index contributed by atoms with van der Waals surface area (Å²) in [5, 5.41) is 26.7. The summed E-state index contributed by atoms with van der Waals surface area (Å²) in [6.07, 6.45) is 2.13. The minimum absolute atomic E-state index is 0.186. The lowest BCUT2D eigenvalue weighted by molar-refractivity contribution is -0.196. The lowest BCUT2D eigenvalue weighted by atomic mass is 9.92. The Kier molecular flexibility index (Phi) is 1.75. The van der Waals surface area contributed by atoms with Gasteiger partial charge in [-0.15, -0.1) is 0 Å². The molecule has 0 atom stereocenters. The minimum Gasteiger partial charge on any atom is -0.381 e. The molecule has 0 aliphatic heterocycles. The quantitative estimate of drug-likeness (QED) is 0.410. The minimum atomic E-state index is -1.89. The molecule has 0 aromatic rings. The van der Waals surface area contributed by atoms with Gasteiger partial charge in [0.05, 0.1) is 0 Å². The summed E-state index contributed by atoms with van der Waals surface area (Å²) in [6.45, 7) is 0. The predicted octanol–water partition coefficient (Wildman–Crippen LogP) is 0.146. The highest BCUT2D eigenvalue weighted by molar-refractivity contribution is 4.94. The fourth-order valence-corrected chi connectivity index (χ4v) is 1.01. The first-order valence-corrected chi connectivity index (χ1v) is 3.13. The summed E-state index contributed by atoms with van der Waals surface area (Å²) in [5.41, 5.74) is 0. The van der Waals surface area contributed by atoms with Crippen LogP contribution in [0.5, 0.6) is 0 Å². The maximum Gasteiger partial charge on any atom is 0.195 e. The number of aliphatic hydroxyl groups excluding tert-OH is 1. The summed E-state index contributed by atoms with van der Waals surface area (Å²) in [5.74, 6) is -1.89. The second-order valence-corrected chi connectivity index (χ2v) is 2.47. The fraction of sp³-hybridized carbons (Fsp3) is 0.833. The van der Waals surface area contributed by atoms with E-state index in [0.29, 0.717) is 6.42 Å². The highest BCUT2D eigenvalue weighted by atomic mass is 16.5. The molecule has 9 heavy (non-hydrogen) atoms. The van der Waals surface area contributed by atoms with Gasteiger partial charge in [-0.25, -0.2) is 0 Å². The first-order chi connectivity index (χ1) is 4.13. The van der Waals surface area contributed by atoms with Crippen LogP contribution in [-0.2, 0) is 0 Å². The van der Waals surface area contributed by atoms with E-state index >= 15 is 0 Å². The predicted molar refractivity (Wildman–Crippen MR) is 30.8 cm³/mol. The number of hydrogen-bond acceptors (Lipinski definition) is 3. The third-order valence-electron chi connectivity index (χ3n) is 1.65. The van der Waals surface area contributed by atoms with Gasteiger partial charge in [-0.1, -0.05) is 6.42 Å². The maximum atomic E-state index is 8.91. The van der Waals surface area contributed by atoms with E-state index < -0.39 is 5.79 Å². The molecule has 0 unspecified atom stereocenters. The van der Waals surface area contributed by atoms with Crippen molar-refractivity contribution in [3.05, 3.63) is 6.10 Å². The molecule has 1 rings (SSSR count). The summed E-state index contributed by atoms with van der Waals surface area (Å²) in [4.78, 5) is 0. The van der Waals surface area contributed by atoms with Crippen LogP contribution in [0.3, 0.4) is 0 Å². The van der Waals surface area contributed by atoms with Crippen molar-refractivity contribution in [3.63, 3.8) is 0 Å². The van der Waals surface area contributed by atoms with Crippen LogP contribution in [0.4, 0.5) is 0 Å². The van der Waals surface area contributed by atoms with Crippen molar-refractivity contribution >= 4 is 0 Å². The molecule has 0 aromatic heterocycles. The Morgan fingerprint density at radius 3 is 2.22 bits per heavy atom. The van der Waals surface area contributed by atoms with Crippen LogP contribution in [0.25, 0.3) is 0 Å². The van der Waals surface area contributed by atoms with Gasteiger partial charge in [0, 0.05) is 6.42 Å². The molecule has 0 amide bonds. The summed E-state index contributed by atoms with van der Waals surface area (Å²) >= 11 is 0. The maximum absolute atomic E-state index is 8.91. The molecule has 1 aliphatic rings. The standard InChI is InChI=1S/C6H11O3/c7-5-3-1-2-4-6(5,8)9/h7-9H,1-4H2. The zero-order valence-corrected chi connectivity index (χ0v) is 5.17. The number of rotatable bonds is 0. The SMILES string of the molecule is O[C]1CCCCC1(O)O. The highest BCUT2D eigenvalue weighted by Crippen LogP contribution is 2.30.